The van der Waals surface area contributed by atoms with E-state index in [2.05, 4.69) is 21.2 Å². The van der Waals surface area contributed by atoms with E-state index in [1.807, 2.05) is 56.3 Å². The monoisotopic (exact) mass is 388 g/mol. The molecule has 0 radical (unpaired) electrons. The van der Waals surface area contributed by atoms with Crippen LogP contribution in [0.1, 0.15) is 25.0 Å². The Kier molecular flexibility index (Phi) is 6.15. The Balaban J connectivity index is 2.25. The first-order chi connectivity index (χ1) is 11.4. The van der Waals surface area contributed by atoms with Gasteiger partial charge in [-0.2, -0.15) is 0 Å². The van der Waals surface area contributed by atoms with Gasteiger partial charge in [-0.05, 0) is 52.5 Å². The minimum atomic E-state index is -0.234. The molecule has 126 valence electrons. The molecule has 0 aliphatic rings. The highest BCUT2D eigenvalue weighted by molar-refractivity contribution is 9.10. The molecule has 5 heteroatoms. The SMILES string of the molecule is CCc1cccc(C)c1N(CC(=O)Nc1ccccc1Br)C(C)=O. The van der Waals surface area contributed by atoms with Crippen LogP contribution in [0.5, 0.6) is 0 Å². The van der Waals surface area contributed by atoms with Gasteiger partial charge < -0.3 is 10.2 Å². The molecule has 0 aliphatic heterocycles. The number of nitrogens with zero attached hydrogens (tertiary/aromatic N) is 1. The second-order valence-electron chi connectivity index (χ2n) is 5.57. The van der Waals surface area contributed by atoms with Crippen molar-refractivity contribution >= 4 is 39.1 Å². The molecule has 0 heterocycles. The number of carbonyl (C=O) groups excluding carboxylic acids is 2. The fraction of sp³-hybridized carbons (Fsp3) is 0.263. The second kappa shape index (κ2) is 8.11. The largest absolute Gasteiger partial charge is 0.324 e. The van der Waals surface area contributed by atoms with E-state index < -0.39 is 0 Å². The van der Waals surface area contributed by atoms with Crippen LogP contribution in [0.3, 0.4) is 0 Å². The van der Waals surface area contributed by atoms with Crippen molar-refractivity contribution in [3.63, 3.8) is 0 Å². The third-order valence-electron chi connectivity index (χ3n) is 3.80. The summed E-state index contributed by atoms with van der Waals surface area (Å²) in [6, 6.07) is 13.3. The number of carbonyl (C=O) groups is 2. The quantitative estimate of drug-likeness (QED) is 0.829. The van der Waals surface area contributed by atoms with Gasteiger partial charge in [0.1, 0.15) is 6.54 Å². The molecule has 2 amide bonds. The van der Waals surface area contributed by atoms with Gasteiger partial charge in [0.05, 0.1) is 11.4 Å². The van der Waals surface area contributed by atoms with Gasteiger partial charge in [0.2, 0.25) is 11.8 Å². The van der Waals surface area contributed by atoms with Crippen LogP contribution in [0.15, 0.2) is 46.9 Å². The molecule has 0 fully saturated rings. The van der Waals surface area contributed by atoms with Crippen molar-refractivity contribution in [3.8, 4) is 0 Å². The molecule has 0 saturated carbocycles. The van der Waals surface area contributed by atoms with Crippen molar-refractivity contribution in [2.24, 2.45) is 0 Å². The number of rotatable bonds is 5. The summed E-state index contributed by atoms with van der Waals surface area (Å²) in [6.07, 6.45) is 0.798. The molecule has 2 aromatic carbocycles. The number of aryl methyl sites for hydroxylation is 2. The van der Waals surface area contributed by atoms with Crippen LogP contribution in [-0.2, 0) is 16.0 Å². The van der Waals surface area contributed by atoms with Crippen LogP contribution >= 0.6 is 15.9 Å². The first-order valence-electron chi connectivity index (χ1n) is 7.85. The molecule has 0 atom stereocenters. The topological polar surface area (TPSA) is 49.4 Å². The summed E-state index contributed by atoms with van der Waals surface area (Å²) in [7, 11) is 0. The summed E-state index contributed by atoms with van der Waals surface area (Å²) in [4.78, 5) is 26.1. The number of anilines is 2. The lowest BCUT2D eigenvalue weighted by Crippen LogP contribution is -2.37. The molecule has 0 bridgehead atoms. The van der Waals surface area contributed by atoms with Gasteiger partial charge in [-0.15, -0.1) is 0 Å². The second-order valence-corrected chi connectivity index (χ2v) is 6.42. The van der Waals surface area contributed by atoms with E-state index in [1.54, 1.807) is 4.90 Å². The van der Waals surface area contributed by atoms with E-state index >= 15 is 0 Å². The number of hydrogen-bond donors (Lipinski definition) is 1. The molecule has 0 aliphatic carbocycles. The van der Waals surface area contributed by atoms with Crippen LogP contribution < -0.4 is 10.2 Å². The lowest BCUT2D eigenvalue weighted by atomic mass is 10.0. The normalized spacial score (nSPS) is 10.3. The smallest absolute Gasteiger partial charge is 0.244 e. The van der Waals surface area contributed by atoms with Crippen molar-refractivity contribution in [1.29, 1.82) is 0 Å². The third-order valence-corrected chi connectivity index (χ3v) is 4.49. The van der Waals surface area contributed by atoms with Gasteiger partial charge in [0.25, 0.3) is 0 Å². The van der Waals surface area contributed by atoms with Gasteiger partial charge in [-0.1, -0.05) is 37.3 Å². The highest BCUT2D eigenvalue weighted by atomic mass is 79.9. The Morgan fingerprint density at radius 3 is 2.46 bits per heavy atom. The van der Waals surface area contributed by atoms with Crippen molar-refractivity contribution in [2.75, 3.05) is 16.8 Å². The highest BCUT2D eigenvalue weighted by Gasteiger charge is 2.20. The standard InChI is InChI=1S/C19H21BrN2O2/c1-4-15-9-7-8-13(2)19(15)22(14(3)23)12-18(24)21-17-11-6-5-10-16(17)20/h5-11H,4,12H2,1-3H3,(H,21,24). The summed E-state index contributed by atoms with van der Waals surface area (Å²) in [5.41, 5.74) is 3.55. The Labute approximate surface area is 151 Å². The van der Waals surface area contributed by atoms with Crippen LogP contribution in [0.25, 0.3) is 0 Å². The number of para-hydroxylation sites is 2. The molecule has 0 aromatic heterocycles. The summed E-state index contributed by atoms with van der Waals surface area (Å²) in [5, 5.41) is 2.84. The summed E-state index contributed by atoms with van der Waals surface area (Å²) >= 11 is 3.40. The minimum absolute atomic E-state index is 0.0193. The van der Waals surface area contributed by atoms with Crippen LogP contribution in [-0.4, -0.2) is 18.4 Å². The zero-order valence-corrected chi connectivity index (χ0v) is 15.7. The first kappa shape index (κ1) is 18.2. The van der Waals surface area contributed by atoms with Crippen LogP contribution in [0, 0.1) is 6.92 Å². The molecule has 0 unspecified atom stereocenters. The molecule has 0 spiro atoms. The third kappa shape index (κ3) is 4.23. The molecular formula is C19H21BrN2O2. The molecule has 24 heavy (non-hydrogen) atoms. The molecule has 4 nitrogen and oxygen atoms in total. The molecule has 1 N–H and O–H groups in total. The molecular weight excluding hydrogens is 368 g/mol. The Morgan fingerprint density at radius 2 is 1.83 bits per heavy atom. The van der Waals surface area contributed by atoms with Crippen molar-refractivity contribution in [3.05, 3.63) is 58.1 Å². The van der Waals surface area contributed by atoms with E-state index in [4.69, 9.17) is 0 Å². The molecule has 2 rings (SSSR count). The van der Waals surface area contributed by atoms with Crippen LogP contribution in [0.2, 0.25) is 0 Å². The van der Waals surface area contributed by atoms with Gasteiger partial charge in [-0.25, -0.2) is 0 Å². The zero-order valence-electron chi connectivity index (χ0n) is 14.1. The lowest BCUT2D eigenvalue weighted by Gasteiger charge is -2.25. The Morgan fingerprint density at radius 1 is 1.12 bits per heavy atom. The molecule has 2 aromatic rings. The summed E-state index contributed by atoms with van der Waals surface area (Å²) < 4.78 is 0.804. The molecule has 0 saturated heterocycles. The number of benzene rings is 2. The van der Waals surface area contributed by atoms with E-state index in [9.17, 15) is 9.59 Å². The van der Waals surface area contributed by atoms with Gasteiger partial charge >= 0.3 is 0 Å². The predicted molar refractivity (Wildman–Crippen MR) is 101 cm³/mol. The number of halogens is 1. The van der Waals surface area contributed by atoms with Gasteiger partial charge in [0, 0.05) is 11.4 Å². The van der Waals surface area contributed by atoms with Crippen LogP contribution in [0.4, 0.5) is 11.4 Å². The average molecular weight is 389 g/mol. The number of nitrogens with one attached hydrogen (secondary N) is 1. The van der Waals surface area contributed by atoms with Crippen molar-refractivity contribution in [2.45, 2.75) is 27.2 Å². The maximum atomic E-state index is 12.4. The predicted octanol–water partition coefficient (Wildman–Crippen LogP) is 4.31. The summed E-state index contributed by atoms with van der Waals surface area (Å²) in [6.45, 7) is 5.46. The highest BCUT2D eigenvalue weighted by Crippen LogP contribution is 2.26. The summed E-state index contributed by atoms with van der Waals surface area (Å²) in [5.74, 6) is -0.385. The first-order valence-corrected chi connectivity index (χ1v) is 8.64. The number of hydrogen-bond acceptors (Lipinski definition) is 2. The van der Waals surface area contributed by atoms with Gasteiger partial charge in [-0.3, -0.25) is 9.59 Å². The Hall–Kier alpha value is -2.14. The Bertz CT molecular complexity index is 759. The van der Waals surface area contributed by atoms with E-state index in [1.165, 1.54) is 6.92 Å². The zero-order chi connectivity index (χ0) is 17.7. The average Bonchev–Trinajstić information content (AvgIpc) is 2.54. The number of amides is 2. The van der Waals surface area contributed by atoms with Crippen molar-refractivity contribution in [1.82, 2.24) is 0 Å². The maximum Gasteiger partial charge on any atom is 0.244 e. The van der Waals surface area contributed by atoms with Crippen molar-refractivity contribution < 1.29 is 9.59 Å². The maximum absolute atomic E-state index is 12.4. The fourth-order valence-corrected chi connectivity index (χ4v) is 3.02. The lowest BCUT2D eigenvalue weighted by molar-refractivity contribution is -0.120. The van der Waals surface area contributed by atoms with E-state index in [0.29, 0.717) is 5.69 Å². The minimum Gasteiger partial charge on any atom is -0.324 e. The van der Waals surface area contributed by atoms with E-state index in [-0.39, 0.29) is 18.4 Å². The fourth-order valence-electron chi connectivity index (χ4n) is 2.64. The van der Waals surface area contributed by atoms with E-state index in [0.717, 1.165) is 27.7 Å². The van der Waals surface area contributed by atoms with Gasteiger partial charge in [0.15, 0.2) is 0 Å².